The van der Waals surface area contributed by atoms with Gasteiger partial charge in [0.25, 0.3) is 5.91 Å². The lowest BCUT2D eigenvalue weighted by Gasteiger charge is -2.30. The SMILES string of the molecule is Cc1nc2ccccc2c2oc(C(=O)NCCCN3CCCC(C)C3)cc12. The highest BCUT2D eigenvalue weighted by atomic mass is 16.3. The van der Waals surface area contributed by atoms with Crippen LogP contribution in [0.1, 0.15) is 42.4 Å². The van der Waals surface area contributed by atoms with Gasteiger partial charge in [-0.15, -0.1) is 0 Å². The summed E-state index contributed by atoms with van der Waals surface area (Å²) < 4.78 is 5.92. The van der Waals surface area contributed by atoms with E-state index >= 15 is 0 Å². The van der Waals surface area contributed by atoms with Crippen LogP contribution in [0, 0.1) is 12.8 Å². The highest BCUT2D eigenvalue weighted by Gasteiger charge is 2.17. The van der Waals surface area contributed by atoms with Crippen molar-refractivity contribution in [2.45, 2.75) is 33.1 Å². The Morgan fingerprint density at radius 2 is 2.19 bits per heavy atom. The average molecular weight is 365 g/mol. The summed E-state index contributed by atoms with van der Waals surface area (Å²) in [5.74, 6) is 0.995. The van der Waals surface area contributed by atoms with E-state index in [1.807, 2.05) is 37.3 Å². The molecule has 1 amide bonds. The van der Waals surface area contributed by atoms with Crippen LogP contribution < -0.4 is 5.32 Å². The van der Waals surface area contributed by atoms with E-state index in [0.29, 0.717) is 12.3 Å². The van der Waals surface area contributed by atoms with Crippen LogP contribution in [0.5, 0.6) is 0 Å². The Balaban J connectivity index is 1.41. The molecule has 1 aromatic carbocycles. The summed E-state index contributed by atoms with van der Waals surface area (Å²) in [7, 11) is 0. The van der Waals surface area contributed by atoms with Crippen molar-refractivity contribution in [3.05, 3.63) is 41.8 Å². The van der Waals surface area contributed by atoms with Crippen molar-refractivity contribution in [2.75, 3.05) is 26.2 Å². The fraction of sp³-hybridized carbons (Fsp3) is 0.455. The van der Waals surface area contributed by atoms with Crippen LogP contribution >= 0.6 is 0 Å². The molecule has 5 nitrogen and oxygen atoms in total. The van der Waals surface area contributed by atoms with Crippen LogP contribution in [0.15, 0.2) is 34.7 Å². The predicted octanol–water partition coefficient (Wildman–Crippen LogP) is 4.14. The summed E-state index contributed by atoms with van der Waals surface area (Å²) in [6.45, 7) is 8.33. The van der Waals surface area contributed by atoms with E-state index in [0.717, 1.165) is 46.4 Å². The Morgan fingerprint density at radius 3 is 3.04 bits per heavy atom. The van der Waals surface area contributed by atoms with E-state index in [1.54, 1.807) is 0 Å². The summed E-state index contributed by atoms with van der Waals surface area (Å²) in [6, 6.07) is 9.68. The summed E-state index contributed by atoms with van der Waals surface area (Å²) in [5, 5.41) is 4.84. The number of para-hydroxylation sites is 1. The second kappa shape index (κ2) is 7.69. The van der Waals surface area contributed by atoms with Gasteiger partial charge in [0.05, 0.1) is 5.52 Å². The molecule has 142 valence electrons. The van der Waals surface area contributed by atoms with Crippen LogP contribution in [-0.4, -0.2) is 42.0 Å². The molecule has 4 rings (SSSR count). The molecular weight excluding hydrogens is 338 g/mol. The molecule has 1 aliphatic heterocycles. The van der Waals surface area contributed by atoms with Crippen molar-refractivity contribution in [3.8, 4) is 0 Å². The second-order valence-corrected chi connectivity index (χ2v) is 7.73. The molecule has 0 bridgehead atoms. The number of aryl methyl sites for hydroxylation is 1. The van der Waals surface area contributed by atoms with Gasteiger partial charge in [0.1, 0.15) is 5.58 Å². The molecule has 5 heteroatoms. The standard InChI is InChI=1S/C22H27N3O2/c1-15-7-5-11-25(14-15)12-6-10-23-22(26)20-13-18-16(2)24-19-9-4-3-8-17(19)21(18)27-20/h3-4,8-9,13,15H,5-7,10-12,14H2,1-2H3,(H,23,26). The molecule has 1 aliphatic rings. The smallest absolute Gasteiger partial charge is 0.287 e. The van der Waals surface area contributed by atoms with Crippen LogP contribution in [0.25, 0.3) is 21.9 Å². The molecule has 0 radical (unpaired) electrons. The topological polar surface area (TPSA) is 58.4 Å². The Morgan fingerprint density at radius 1 is 1.33 bits per heavy atom. The van der Waals surface area contributed by atoms with Gasteiger partial charge in [-0.25, -0.2) is 0 Å². The summed E-state index contributed by atoms with van der Waals surface area (Å²) in [6.07, 6.45) is 3.58. The zero-order valence-electron chi connectivity index (χ0n) is 16.1. The van der Waals surface area contributed by atoms with E-state index in [2.05, 4.69) is 22.1 Å². The number of piperidine rings is 1. The predicted molar refractivity (Wildman–Crippen MR) is 108 cm³/mol. The van der Waals surface area contributed by atoms with Crippen LogP contribution in [0.2, 0.25) is 0 Å². The lowest BCUT2D eigenvalue weighted by atomic mass is 10.0. The molecule has 1 atom stereocenters. The van der Waals surface area contributed by atoms with Gasteiger partial charge in [-0.3, -0.25) is 9.78 Å². The Labute approximate surface area is 159 Å². The van der Waals surface area contributed by atoms with Crippen molar-refractivity contribution in [1.29, 1.82) is 0 Å². The molecule has 27 heavy (non-hydrogen) atoms. The number of aromatic nitrogens is 1. The molecule has 1 saturated heterocycles. The molecule has 1 fully saturated rings. The molecule has 1 unspecified atom stereocenters. The number of rotatable bonds is 5. The van der Waals surface area contributed by atoms with Crippen molar-refractivity contribution >= 4 is 27.8 Å². The van der Waals surface area contributed by atoms with Gasteiger partial charge in [-0.1, -0.05) is 19.1 Å². The van der Waals surface area contributed by atoms with E-state index in [4.69, 9.17) is 4.42 Å². The summed E-state index contributed by atoms with van der Waals surface area (Å²) in [5.41, 5.74) is 2.51. The molecule has 0 spiro atoms. The highest BCUT2D eigenvalue weighted by Crippen LogP contribution is 2.29. The van der Waals surface area contributed by atoms with Gasteiger partial charge < -0.3 is 14.6 Å². The van der Waals surface area contributed by atoms with Crippen LogP contribution in [-0.2, 0) is 0 Å². The van der Waals surface area contributed by atoms with Crippen LogP contribution in [0.4, 0.5) is 0 Å². The minimum atomic E-state index is -0.151. The van der Waals surface area contributed by atoms with Crippen molar-refractivity contribution in [3.63, 3.8) is 0 Å². The number of carbonyl (C=O) groups excluding carboxylic acids is 1. The zero-order chi connectivity index (χ0) is 18.8. The third kappa shape index (κ3) is 3.83. The first-order chi connectivity index (χ1) is 13.1. The number of benzene rings is 1. The number of carbonyl (C=O) groups is 1. The number of nitrogens with zero attached hydrogens (tertiary/aromatic N) is 2. The van der Waals surface area contributed by atoms with Gasteiger partial charge in [0, 0.05) is 29.6 Å². The van der Waals surface area contributed by atoms with Gasteiger partial charge >= 0.3 is 0 Å². The number of hydrogen-bond donors (Lipinski definition) is 1. The molecule has 1 N–H and O–H groups in total. The minimum absolute atomic E-state index is 0.151. The molecular formula is C22H27N3O2. The fourth-order valence-electron chi connectivity index (χ4n) is 4.06. The van der Waals surface area contributed by atoms with Gasteiger partial charge in [-0.05, 0) is 63.4 Å². The number of nitrogens with one attached hydrogen (secondary N) is 1. The lowest BCUT2D eigenvalue weighted by Crippen LogP contribution is -2.36. The number of amides is 1. The summed E-state index contributed by atoms with van der Waals surface area (Å²) in [4.78, 5) is 19.6. The third-order valence-corrected chi connectivity index (χ3v) is 5.46. The number of furan rings is 1. The maximum Gasteiger partial charge on any atom is 0.287 e. The zero-order valence-corrected chi connectivity index (χ0v) is 16.1. The molecule has 0 saturated carbocycles. The van der Waals surface area contributed by atoms with E-state index in [-0.39, 0.29) is 5.91 Å². The van der Waals surface area contributed by atoms with E-state index < -0.39 is 0 Å². The van der Waals surface area contributed by atoms with E-state index in [9.17, 15) is 4.79 Å². The minimum Gasteiger partial charge on any atom is -0.450 e. The maximum absolute atomic E-state index is 12.5. The third-order valence-electron chi connectivity index (χ3n) is 5.46. The van der Waals surface area contributed by atoms with Gasteiger partial charge in [0.2, 0.25) is 0 Å². The van der Waals surface area contributed by atoms with Gasteiger partial charge in [-0.2, -0.15) is 0 Å². The highest BCUT2D eigenvalue weighted by molar-refractivity contribution is 6.06. The van der Waals surface area contributed by atoms with Crippen molar-refractivity contribution in [1.82, 2.24) is 15.2 Å². The summed E-state index contributed by atoms with van der Waals surface area (Å²) >= 11 is 0. The maximum atomic E-state index is 12.5. The lowest BCUT2D eigenvalue weighted by molar-refractivity contribution is 0.0924. The molecule has 0 aliphatic carbocycles. The van der Waals surface area contributed by atoms with Crippen LogP contribution in [0.3, 0.4) is 0 Å². The fourth-order valence-corrected chi connectivity index (χ4v) is 4.06. The monoisotopic (exact) mass is 365 g/mol. The normalized spacial score (nSPS) is 18.2. The Bertz CT molecular complexity index is 963. The van der Waals surface area contributed by atoms with Crippen molar-refractivity contribution in [2.24, 2.45) is 5.92 Å². The first kappa shape index (κ1) is 18.0. The first-order valence-corrected chi connectivity index (χ1v) is 9.91. The number of fused-ring (bicyclic) bond motifs is 3. The van der Waals surface area contributed by atoms with Gasteiger partial charge in [0.15, 0.2) is 5.76 Å². The van der Waals surface area contributed by atoms with E-state index in [1.165, 1.54) is 25.9 Å². The molecule has 3 heterocycles. The number of pyridine rings is 1. The second-order valence-electron chi connectivity index (χ2n) is 7.73. The Hall–Kier alpha value is -2.40. The Kier molecular flexibility index (Phi) is 5.12. The number of hydrogen-bond acceptors (Lipinski definition) is 4. The van der Waals surface area contributed by atoms with Crippen molar-refractivity contribution < 1.29 is 9.21 Å². The molecule has 2 aromatic heterocycles. The quantitative estimate of drug-likeness (QED) is 0.690. The first-order valence-electron chi connectivity index (χ1n) is 9.91. The molecule has 3 aromatic rings. The largest absolute Gasteiger partial charge is 0.450 e. The number of likely N-dealkylation sites (tertiary alicyclic amines) is 1. The average Bonchev–Trinajstić information content (AvgIpc) is 3.12.